The number of carbonyl (C=O) groups is 1. The van der Waals surface area contributed by atoms with E-state index in [0.29, 0.717) is 36.8 Å². The second-order valence-corrected chi connectivity index (χ2v) is 11.8. The van der Waals surface area contributed by atoms with Crippen molar-refractivity contribution >= 4 is 54.9 Å². The van der Waals surface area contributed by atoms with Crippen LogP contribution in [0.3, 0.4) is 0 Å². The lowest BCUT2D eigenvalue weighted by molar-refractivity contribution is 0.0693. The Morgan fingerprint density at radius 3 is 2.58 bits per heavy atom. The van der Waals surface area contributed by atoms with Crippen LogP contribution in [0.1, 0.15) is 37.0 Å². The molecule has 2 aromatic carbocycles. The summed E-state index contributed by atoms with van der Waals surface area (Å²) in [6.07, 6.45) is 3.78. The van der Waals surface area contributed by atoms with Gasteiger partial charge in [-0.3, -0.25) is 18.9 Å². The van der Waals surface area contributed by atoms with Crippen LogP contribution in [0.4, 0.5) is 5.69 Å². The van der Waals surface area contributed by atoms with Gasteiger partial charge in [0.2, 0.25) is 0 Å². The molecule has 1 amide bonds. The van der Waals surface area contributed by atoms with Gasteiger partial charge in [0, 0.05) is 24.5 Å². The molecule has 0 spiro atoms. The normalized spacial score (nSPS) is 15.2. The second kappa shape index (κ2) is 9.52. The van der Waals surface area contributed by atoms with E-state index >= 15 is 0 Å². The molecule has 2 heterocycles. The average Bonchev–Trinajstić information content (AvgIpc) is 3.12. The Kier molecular flexibility index (Phi) is 6.88. The van der Waals surface area contributed by atoms with Gasteiger partial charge in [-0.15, -0.1) is 11.8 Å². The first-order valence-corrected chi connectivity index (χ1v) is 14.4. The quantitative estimate of drug-likeness (QED) is 0.499. The van der Waals surface area contributed by atoms with E-state index in [1.165, 1.54) is 23.9 Å². The topological polar surface area (TPSA) is 88.5 Å². The standard InChI is InChI=1S/C23H27N3O4S3/c1-4-26-19-7-5-16(13-21(19)32-23(26)28)24-33(29,30)17-6-8-20(31-3)18(14-17)22(27)25-11-9-15(2)10-12-25/h5-8,13-15,24H,4,9-12H2,1-3H3. The molecule has 0 unspecified atom stereocenters. The van der Waals surface area contributed by atoms with Crippen molar-refractivity contribution in [2.45, 2.75) is 43.0 Å². The van der Waals surface area contributed by atoms with E-state index < -0.39 is 10.0 Å². The Balaban J connectivity index is 1.64. The maximum absolute atomic E-state index is 13.2. The molecule has 3 aromatic rings. The third-order valence-electron chi connectivity index (χ3n) is 6.02. The molecule has 0 saturated carbocycles. The van der Waals surface area contributed by atoms with Crippen LogP contribution in [0.15, 0.2) is 51.0 Å². The molecule has 1 aliphatic heterocycles. The van der Waals surface area contributed by atoms with Crippen LogP contribution in [0.5, 0.6) is 0 Å². The van der Waals surface area contributed by atoms with Gasteiger partial charge in [0.15, 0.2) is 0 Å². The molecule has 0 aliphatic carbocycles. The zero-order chi connectivity index (χ0) is 23.8. The Bertz CT molecular complexity index is 1350. The van der Waals surface area contributed by atoms with Gasteiger partial charge < -0.3 is 4.90 Å². The molecule has 1 N–H and O–H groups in total. The fourth-order valence-electron chi connectivity index (χ4n) is 4.05. The fourth-order valence-corrected chi connectivity index (χ4v) is 6.69. The summed E-state index contributed by atoms with van der Waals surface area (Å²) in [5, 5.41) is 0. The number of piperidine rings is 1. The van der Waals surface area contributed by atoms with Gasteiger partial charge in [-0.1, -0.05) is 18.3 Å². The number of aryl methyl sites for hydroxylation is 1. The van der Waals surface area contributed by atoms with Gasteiger partial charge in [0.25, 0.3) is 15.9 Å². The number of aromatic nitrogens is 1. The van der Waals surface area contributed by atoms with E-state index in [4.69, 9.17) is 0 Å². The molecule has 1 aliphatic rings. The van der Waals surface area contributed by atoms with Gasteiger partial charge in [0.1, 0.15) is 0 Å². The largest absolute Gasteiger partial charge is 0.339 e. The van der Waals surface area contributed by atoms with Crippen molar-refractivity contribution in [1.29, 1.82) is 0 Å². The van der Waals surface area contributed by atoms with E-state index in [1.807, 2.05) is 18.1 Å². The van der Waals surface area contributed by atoms with Crippen molar-refractivity contribution in [2.75, 3.05) is 24.1 Å². The van der Waals surface area contributed by atoms with Crippen molar-refractivity contribution in [3.63, 3.8) is 0 Å². The number of fused-ring (bicyclic) bond motifs is 1. The van der Waals surface area contributed by atoms with Crippen molar-refractivity contribution in [1.82, 2.24) is 9.47 Å². The number of anilines is 1. The van der Waals surface area contributed by atoms with E-state index in [2.05, 4.69) is 11.6 Å². The fraction of sp³-hybridized carbons (Fsp3) is 0.391. The lowest BCUT2D eigenvalue weighted by Gasteiger charge is -2.30. The summed E-state index contributed by atoms with van der Waals surface area (Å²) >= 11 is 2.51. The smallest absolute Gasteiger partial charge is 0.308 e. The lowest BCUT2D eigenvalue weighted by atomic mass is 9.98. The van der Waals surface area contributed by atoms with E-state index in [9.17, 15) is 18.0 Å². The number of benzene rings is 2. The first-order chi connectivity index (χ1) is 15.7. The number of thioether (sulfide) groups is 1. The maximum atomic E-state index is 13.2. The number of likely N-dealkylation sites (tertiary alicyclic amines) is 1. The zero-order valence-corrected chi connectivity index (χ0v) is 21.3. The van der Waals surface area contributed by atoms with E-state index in [0.717, 1.165) is 39.3 Å². The molecule has 0 radical (unpaired) electrons. The monoisotopic (exact) mass is 505 g/mol. The van der Waals surface area contributed by atoms with Gasteiger partial charge in [-0.2, -0.15) is 0 Å². The highest BCUT2D eigenvalue weighted by Gasteiger charge is 2.25. The minimum atomic E-state index is -3.92. The van der Waals surface area contributed by atoms with Crippen molar-refractivity contribution in [3.05, 3.63) is 51.6 Å². The summed E-state index contributed by atoms with van der Waals surface area (Å²) < 4.78 is 31.3. The van der Waals surface area contributed by atoms with Crippen LogP contribution in [-0.4, -0.2) is 43.1 Å². The van der Waals surface area contributed by atoms with Crippen LogP contribution in [-0.2, 0) is 16.6 Å². The van der Waals surface area contributed by atoms with Crippen molar-refractivity contribution in [3.8, 4) is 0 Å². The van der Waals surface area contributed by atoms with Crippen LogP contribution in [0.2, 0.25) is 0 Å². The van der Waals surface area contributed by atoms with Crippen molar-refractivity contribution in [2.24, 2.45) is 5.92 Å². The zero-order valence-electron chi connectivity index (χ0n) is 18.8. The lowest BCUT2D eigenvalue weighted by Crippen LogP contribution is -2.38. The van der Waals surface area contributed by atoms with Crippen LogP contribution in [0.25, 0.3) is 10.2 Å². The summed E-state index contributed by atoms with van der Waals surface area (Å²) in [5.74, 6) is 0.463. The molecule has 7 nitrogen and oxygen atoms in total. The molecular weight excluding hydrogens is 478 g/mol. The predicted molar refractivity (Wildman–Crippen MR) is 135 cm³/mol. The molecule has 0 atom stereocenters. The number of amides is 1. The van der Waals surface area contributed by atoms with E-state index in [-0.39, 0.29) is 15.7 Å². The Hall–Kier alpha value is -2.30. The minimum Gasteiger partial charge on any atom is -0.339 e. The summed E-state index contributed by atoms with van der Waals surface area (Å²) in [6.45, 7) is 6.00. The molecule has 33 heavy (non-hydrogen) atoms. The molecule has 176 valence electrons. The molecule has 10 heteroatoms. The number of nitrogens with one attached hydrogen (secondary N) is 1. The van der Waals surface area contributed by atoms with Crippen LogP contribution < -0.4 is 9.60 Å². The third kappa shape index (κ3) is 4.83. The molecule has 1 saturated heterocycles. The van der Waals surface area contributed by atoms with E-state index in [1.54, 1.807) is 28.8 Å². The van der Waals surface area contributed by atoms with Crippen LogP contribution >= 0.6 is 23.1 Å². The molecule has 1 aromatic heterocycles. The molecule has 1 fully saturated rings. The number of rotatable bonds is 6. The predicted octanol–water partition coefficient (Wildman–Crippen LogP) is 4.48. The highest BCUT2D eigenvalue weighted by molar-refractivity contribution is 7.98. The number of carbonyl (C=O) groups excluding carboxylic acids is 1. The summed E-state index contributed by atoms with van der Waals surface area (Å²) in [4.78, 5) is 27.8. The molecule has 0 bridgehead atoms. The average molecular weight is 506 g/mol. The molecular formula is C23H27N3O4S3. The van der Waals surface area contributed by atoms with Gasteiger partial charge in [-0.05, 0) is 68.3 Å². The highest BCUT2D eigenvalue weighted by Crippen LogP contribution is 2.29. The Labute approximate surface area is 201 Å². The summed E-state index contributed by atoms with van der Waals surface area (Å²) in [7, 11) is -3.92. The number of sulfonamides is 1. The van der Waals surface area contributed by atoms with Gasteiger partial charge >= 0.3 is 4.87 Å². The maximum Gasteiger partial charge on any atom is 0.308 e. The Morgan fingerprint density at radius 2 is 1.91 bits per heavy atom. The number of nitrogens with zero attached hydrogens (tertiary/aromatic N) is 2. The van der Waals surface area contributed by atoms with Gasteiger partial charge in [0.05, 0.1) is 26.4 Å². The van der Waals surface area contributed by atoms with Crippen LogP contribution in [0, 0.1) is 5.92 Å². The second-order valence-electron chi connectivity index (χ2n) is 8.24. The summed E-state index contributed by atoms with van der Waals surface area (Å²) in [6, 6.07) is 9.75. The minimum absolute atomic E-state index is 0.0356. The number of thiazole rings is 1. The first kappa shape index (κ1) is 23.8. The highest BCUT2D eigenvalue weighted by atomic mass is 32.2. The number of hydrogen-bond acceptors (Lipinski definition) is 6. The third-order valence-corrected chi connectivity index (χ3v) is 9.14. The summed E-state index contributed by atoms with van der Waals surface area (Å²) in [5.41, 5.74) is 1.57. The SMILES string of the molecule is CCn1c(=O)sc2cc(NS(=O)(=O)c3ccc(SC)c(C(=O)N4CCC(C)CC4)c3)ccc21. The van der Waals surface area contributed by atoms with Crippen molar-refractivity contribution < 1.29 is 13.2 Å². The number of hydrogen-bond donors (Lipinski definition) is 1. The van der Waals surface area contributed by atoms with Gasteiger partial charge in [-0.25, -0.2) is 8.42 Å². The Morgan fingerprint density at radius 1 is 1.18 bits per heavy atom. The first-order valence-electron chi connectivity index (χ1n) is 10.9. The molecule has 4 rings (SSSR count).